The van der Waals surface area contributed by atoms with Crippen LogP contribution in [0.3, 0.4) is 0 Å². The molecule has 0 aliphatic heterocycles. The average Bonchev–Trinajstić information content (AvgIpc) is 2.22. The van der Waals surface area contributed by atoms with E-state index in [0.717, 1.165) is 0 Å². The highest BCUT2D eigenvalue weighted by Gasteiger charge is 2.16. The quantitative estimate of drug-likeness (QED) is 0.806. The Labute approximate surface area is 93.1 Å². The molecule has 0 radical (unpaired) electrons. The molecule has 0 aromatic heterocycles. The zero-order valence-electron chi connectivity index (χ0n) is 8.89. The van der Waals surface area contributed by atoms with Gasteiger partial charge in [-0.05, 0) is 36.8 Å². The molecule has 84 valence electrons. The molecule has 0 amide bonds. The SMILES string of the molecule is CSc1ccc(C(C)CCN)c(F)c1F. The van der Waals surface area contributed by atoms with Gasteiger partial charge < -0.3 is 5.73 Å². The average molecular weight is 231 g/mol. The minimum atomic E-state index is -0.746. The molecule has 0 saturated carbocycles. The second kappa shape index (κ2) is 5.47. The summed E-state index contributed by atoms with van der Waals surface area (Å²) in [5.41, 5.74) is 5.80. The van der Waals surface area contributed by atoms with Gasteiger partial charge in [0, 0.05) is 4.90 Å². The van der Waals surface area contributed by atoms with Crippen LogP contribution in [0.2, 0.25) is 0 Å². The first-order chi connectivity index (χ1) is 7.11. The summed E-state index contributed by atoms with van der Waals surface area (Å²) in [5, 5.41) is 0. The predicted molar refractivity (Wildman–Crippen MR) is 60.2 cm³/mol. The lowest BCUT2D eigenvalue weighted by molar-refractivity contribution is 0.472. The fraction of sp³-hybridized carbons (Fsp3) is 0.455. The van der Waals surface area contributed by atoms with Crippen LogP contribution in [0.5, 0.6) is 0 Å². The zero-order valence-corrected chi connectivity index (χ0v) is 9.70. The van der Waals surface area contributed by atoms with Crippen molar-refractivity contribution in [3.8, 4) is 0 Å². The topological polar surface area (TPSA) is 26.0 Å². The summed E-state index contributed by atoms with van der Waals surface area (Å²) in [6, 6.07) is 3.26. The molecule has 0 heterocycles. The summed E-state index contributed by atoms with van der Waals surface area (Å²) < 4.78 is 27.0. The molecule has 0 bridgehead atoms. The van der Waals surface area contributed by atoms with E-state index in [0.29, 0.717) is 23.4 Å². The number of benzene rings is 1. The van der Waals surface area contributed by atoms with Gasteiger partial charge in [0.05, 0.1) is 0 Å². The number of hydrogen-bond donors (Lipinski definition) is 1. The van der Waals surface area contributed by atoms with E-state index in [-0.39, 0.29) is 5.92 Å². The molecule has 0 aliphatic carbocycles. The lowest BCUT2D eigenvalue weighted by Gasteiger charge is -2.13. The van der Waals surface area contributed by atoms with E-state index in [2.05, 4.69) is 0 Å². The summed E-state index contributed by atoms with van der Waals surface area (Å²) in [6.07, 6.45) is 2.38. The van der Waals surface area contributed by atoms with Crippen LogP contribution in [0.15, 0.2) is 17.0 Å². The van der Waals surface area contributed by atoms with Crippen LogP contribution in [-0.2, 0) is 0 Å². The third-order valence-corrected chi connectivity index (χ3v) is 3.18. The molecular weight excluding hydrogens is 216 g/mol. The van der Waals surface area contributed by atoms with Gasteiger partial charge in [0.15, 0.2) is 11.6 Å². The van der Waals surface area contributed by atoms with Crippen molar-refractivity contribution in [1.29, 1.82) is 0 Å². The minimum absolute atomic E-state index is 0.0413. The molecule has 1 nitrogen and oxygen atoms in total. The van der Waals surface area contributed by atoms with Crippen molar-refractivity contribution in [2.45, 2.75) is 24.2 Å². The molecule has 0 spiro atoms. The maximum atomic E-state index is 13.6. The number of hydrogen-bond acceptors (Lipinski definition) is 2. The molecule has 0 aliphatic rings. The predicted octanol–water partition coefficient (Wildman–Crippen LogP) is 3.14. The first-order valence-corrected chi connectivity index (χ1v) is 6.06. The van der Waals surface area contributed by atoms with Crippen LogP contribution in [0.1, 0.15) is 24.8 Å². The van der Waals surface area contributed by atoms with E-state index >= 15 is 0 Å². The van der Waals surface area contributed by atoms with Crippen molar-refractivity contribution in [1.82, 2.24) is 0 Å². The molecule has 4 heteroatoms. The first-order valence-electron chi connectivity index (χ1n) is 4.83. The van der Waals surface area contributed by atoms with Crippen LogP contribution < -0.4 is 5.73 Å². The van der Waals surface area contributed by atoms with Crippen molar-refractivity contribution < 1.29 is 8.78 Å². The van der Waals surface area contributed by atoms with Gasteiger partial charge in [-0.1, -0.05) is 13.0 Å². The van der Waals surface area contributed by atoms with Gasteiger partial charge in [-0.15, -0.1) is 11.8 Å². The van der Waals surface area contributed by atoms with E-state index in [1.165, 1.54) is 11.8 Å². The monoisotopic (exact) mass is 231 g/mol. The lowest BCUT2D eigenvalue weighted by Crippen LogP contribution is -2.07. The number of thioether (sulfide) groups is 1. The minimum Gasteiger partial charge on any atom is -0.330 e. The Morgan fingerprint density at radius 3 is 2.53 bits per heavy atom. The van der Waals surface area contributed by atoms with E-state index < -0.39 is 11.6 Å². The van der Waals surface area contributed by atoms with E-state index in [9.17, 15) is 8.78 Å². The van der Waals surface area contributed by atoms with Crippen LogP contribution in [-0.4, -0.2) is 12.8 Å². The Bertz CT molecular complexity index is 342. The summed E-state index contributed by atoms with van der Waals surface area (Å²) in [7, 11) is 0. The number of rotatable bonds is 4. The number of halogens is 2. The fourth-order valence-corrected chi connectivity index (χ4v) is 1.96. The maximum Gasteiger partial charge on any atom is 0.172 e. The highest BCUT2D eigenvalue weighted by atomic mass is 32.2. The maximum absolute atomic E-state index is 13.6. The number of nitrogens with two attached hydrogens (primary N) is 1. The van der Waals surface area contributed by atoms with Crippen LogP contribution >= 0.6 is 11.8 Å². The largest absolute Gasteiger partial charge is 0.330 e. The smallest absolute Gasteiger partial charge is 0.172 e. The van der Waals surface area contributed by atoms with Gasteiger partial charge in [-0.3, -0.25) is 0 Å². The van der Waals surface area contributed by atoms with Crippen LogP contribution in [0.25, 0.3) is 0 Å². The Morgan fingerprint density at radius 1 is 1.33 bits per heavy atom. The summed E-state index contributed by atoms with van der Waals surface area (Å²) in [5.74, 6) is -1.52. The third kappa shape index (κ3) is 2.69. The summed E-state index contributed by atoms with van der Waals surface area (Å²) in [4.78, 5) is 0.344. The summed E-state index contributed by atoms with van der Waals surface area (Å²) in [6.45, 7) is 2.33. The molecule has 1 rings (SSSR count). The van der Waals surface area contributed by atoms with Crippen molar-refractivity contribution >= 4 is 11.8 Å². The molecular formula is C11H15F2NS. The molecule has 1 aromatic carbocycles. The summed E-state index contributed by atoms with van der Waals surface area (Å²) >= 11 is 1.20. The van der Waals surface area contributed by atoms with Crippen molar-refractivity contribution in [2.24, 2.45) is 5.73 Å². The standard InChI is InChI=1S/C11H15F2NS/c1-7(5-6-14)8-3-4-9(15-2)11(13)10(8)12/h3-4,7H,5-6,14H2,1-2H3. The van der Waals surface area contributed by atoms with Gasteiger partial charge in [-0.2, -0.15) is 0 Å². The second-order valence-electron chi connectivity index (χ2n) is 3.46. The first kappa shape index (κ1) is 12.5. The van der Waals surface area contributed by atoms with E-state index in [1.807, 2.05) is 6.92 Å². The van der Waals surface area contributed by atoms with Crippen molar-refractivity contribution in [3.63, 3.8) is 0 Å². The second-order valence-corrected chi connectivity index (χ2v) is 4.31. The Balaban J connectivity index is 3.06. The molecule has 1 unspecified atom stereocenters. The van der Waals surface area contributed by atoms with Crippen molar-refractivity contribution in [2.75, 3.05) is 12.8 Å². The Morgan fingerprint density at radius 2 is 2.00 bits per heavy atom. The fourth-order valence-electron chi connectivity index (χ4n) is 1.49. The third-order valence-electron chi connectivity index (χ3n) is 2.43. The van der Waals surface area contributed by atoms with Crippen LogP contribution in [0.4, 0.5) is 8.78 Å². The van der Waals surface area contributed by atoms with Gasteiger partial charge in [-0.25, -0.2) is 8.78 Å². The normalized spacial score (nSPS) is 12.9. The lowest BCUT2D eigenvalue weighted by atomic mass is 9.97. The van der Waals surface area contributed by atoms with Crippen molar-refractivity contribution in [3.05, 3.63) is 29.3 Å². The van der Waals surface area contributed by atoms with Gasteiger partial charge in [0.2, 0.25) is 0 Å². The molecule has 0 saturated heterocycles. The van der Waals surface area contributed by atoms with E-state index in [1.54, 1.807) is 18.4 Å². The van der Waals surface area contributed by atoms with Crippen LogP contribution in [0, 0.1) is 11.6 Å². The highest BCUT2D eigenvalue weighted by Crippen LogP contribution is 2.28. The van der Waals surface area contributed by atoms with E-state index in [4.69, 9.17) is 5.73 Å². The Kier molecular flexibility index (Phi) is 4.54. The molecule has 1 atom stereocenters. The molecule has 0 fully saturated rings. The highest BCUT2D eigenvalue weighted by molar-refractivity contribution is 7.98. The molecule has 15 heavy (non-hydrogen) atoms. The van der Waals surface area contributed by atoms with Gasteiger partial charge in [0.1, 0.15) is 0 Å². The molecule has 1 aromatic rings. The Hall–Kier alpha value is -0.610. The van der Waals surface area contributed by atoms with Gasteiger partial charge >= 0.3 is 0 Å². The molecule has 2 N–H and O–H groups in total. The zero-order chi connectivity index (χ0) is 11.4. The van der Waals surface area contributed by atoms with Gasteiger partial charge in [0.25, 0.3) is 0 Å².